The van der Waals surface area contributed by atoms with Crippen LogP contribution in [0.5, 0.6) is 0 Å². The van der Waals surface area contributed by atoms with Crippen LogP contribution in [0.2, 0.25) is 0 Å². The molecule has 0 saturated carbocycles. The molecule has 5 heteroatoms. The fraction of sp³-hybridized carbons (Fsp3) is 0.455. The van der Waals surface area contributed by atoms with Crippen molar-refractivity contribution < 1.29 is 9.59 Å². The number of nitrogens with two attached hydrogens (primary N) is 1. The molecule has 0 aromatic carbocycles. The van der Waals surface area contributed by atoms with E-state index in [2.05, 4.69) is 17.2 Å². The Morgan fingerprint density at radius 3 is 2.25 bits per heavy atom. The Labute approximate surface area is 95.8 Å². The van der Waals surface area contributed by atoms with Crippen molar-refractivity contribution in [1.82, 2.24) is 10.6 Å². The van der Waals surface area contributed by atoms with Crippen LogP contribution in [0.25, 0.3) is 0 Å². The van der Waals surface area contributed by atoms with E-state index in [0.717, 1.165) is 0 Å². The third kappa shape index (κ3) is 4.75. The average Bonchev–Trinajstić information content (AvgIpc) is 2.24. The summed E-state index contributed by atoms with van der Waals surface area (Å²) in [7, 11) is 0. The van der Waals surface area contributed by atoms with Crippen LogP contribution in [0.1, 0.15) is 20.8 Å². The lowest BCUT2D eigenvalue weighted by Gasteiger charge is -2.15. The molecule has 0 aliphatic rings. The van der Waals surface area contributed by atoms with E-state index in [1.165, 1.54) is 6.08 Å². The van der Waals surface area contributed by atoms with Crippen molar-refractivity contribution in [2.45, 2.75) is 32.9 Å². The van der Waals surface area contributed by atoms with Crippen molar-refractivity contribution >= 4 is 11.8 Å². The first-order valence-corrected chi connectivity index (χ1v) is 5.08. The van der Waals surface area contributed by atoms with Gasteiger partial charge in [0.05, 0.1) is 6.04 Å². The van der Waals surface area contributed by atoms with Crippen LogP contribution in [0.3, 0.4) is 0 Å². The van der Waals surface area contributed by atoms with Gasteiger partial charge in [0.25, 0.3) is 0 Å². The van der Waals surface area contributed by atoms with E-state index >= 15 is 0 Å². The minimum atomic E-state index is -0.631. The van der Waals surface area contributed by atoms with Gasteiger partial charge < -0.3 is 16.4 Å². The molecule has 0 heterocycles. The maximum Gasteiger partial charge on any atom is 0.246 e. The monoisotopic (exact) mass is 225 g/mol. The Morgan fingerprint density at radius 2 is 1.88 bits per heavy atom. The van der Waals surface area contributed by atoms with E-state index in [1.807, 2.05) is 0 Å². The number of carbonyl (C=O) groups excluding carboxylic acids is 2. The summed E-state index contributed by atoms with van der Waals surface area (Å²) in [6, 6.07) is -1.26. The fourth-order valence-corrected chi connectivity index (χ4v) is 0.902. The molecule has 90 valence electrons. The summed E-state index contributed by atoms with van der Waals surface area (Å²) in [5.74, 6) is -0.662. The highest BCUT2D eigenvalue weighted by Gasteiger charge is 2.17. The van der Waals surface area contributed by atoms with Gasteiger partial charge in [-0.05, 0) is 26.8 Å². The molecule has 0 saturated heterocycles. The van der Waals surface area contributed by atoms with Crippen molar-refractivity contribution in [3.05, 3.63) is 24.4 Å². The number of carbonyl (C=O) groups is 2. The van der Waals surface area contributed by atoms with Gasteiger partial charge in [-0.3, -0.25) is 9.59 Å². The number of hydrogen-bond acceptors (Lipinski definition) is 3. The van der Waals surface area contributed by atoms with Crippen molar-refractivity contribution in [3.8, 4) is 0 Å². The summed E-state index contributed by atoms with van der Waals surface area (Å²) in [4.78, 5) is 22.8. The molecule has 2 atom stereocenters. The van der Waals surface area contributed by atoms with Gasteiger partial charge in [0.1, 0.15) is 6.04 Å². The predicted molar refractivity (Wildman–Crippen MR) is 63.4 cm³/mol. The summed E-state index contributed by atoms with van der Waals surface area (Å²) < 4.78 is 0. The summed E-state index contributed by atoms with van der Waals surface area (Å²) in [6.07, 6.45) is 3.24. The van der Waals surface area contributed by atoms with E-state index < -0.39 is 12.1 Å². The zero-order valence-electron chi connectivity index (χ0n) is 9.91. The zero-order chi connectivity index (χ0) is 12.7. The lowest BCUT2D eigenvalue weighted by Crippen LogP contribution is -2.49. The van der Waals surface area contributed by atoms with Crippen molar-refractivity contribution in [2.24, 2.45) is 5.73 Å². The average molecular weight is 225 g/mol. The second-order valence-electron chi connectivity index (χ2n) is 3.46. The highest BCUT2D eigenvalue weighted by atomic mass is 16.2. The number of hydrogen-bond donors (Lipinski definition) is 3. The minimum Gasteiger partial charge on any atom is -0.343 e. The molecule has 0 fully saturated rings. The molecule has 0 rings (SSSR count). The fourth-order valence-electron chi connectivity index (χ4n) is 0.902. The van der Waals surface area contributed by atoms with Gasteiger partial charge in [-0.25, -0.2) is 0 Å². The molecule has 0 bridgehead atoms. The van der Waals surface area contributed by atoms with Gasteiger partial charge in [0.2, 0.25) is 11.8 Å². The number of rotatable bonds is 5. The number of amides is 2. The van der Waals surface area contributed by atoms with Gasteiger partial charge in [-0.15, -0.1) is 0 Å². The van der Waals surface area contributed by atoms with Crippen LogP contribution in [-0.2, 0) is 9.59 Å². The molecule has 0 aromatic heterocycles. The Bertz CT molecular complexity index is 308. The third-order valence-corrected chi connectivity index (χ3v) is 1.96. The molecular formula is C11H19N3O2. The molecule has 16 heavy (non-hydrogen) atoms. The van der Waals surface area contributed by atoms with Crippen molar-refractivity contribution in [1.29, 1.82) is 0 Å². The van der Waals surface area contributed by atoms with E-state index in [-0.39, 0.29) is 11.8 Å². The maximum absolute atomic E-state index is 11.6. The smallest absolute Gasteiger partial charge is 0.246 e. The first kappa shape index (κ1) is 14.4. The molecule has 0 aliphatic heterocycles. The lowest BCUT2D eigenvalue weighted by atomic mass is 10.2. The van der Waals surface area contributed by atoms with Gasteiger partial charge in [0, 0.05) is 5.70 Å². The highest BCUT2D eigenvalue weighted by Crippen LogP contribution is 1.92. The van der Waals surface area contributed by atoms with E-state index in [4.69, 9.17) is 5.73 Å². The molecule has 0 spiro atoms. The summed E-state index contributed by atoms with van der Waals surface area (Å²) in [6.45, 7) is 8.47. The number of nitrogens with one attached hydrogen (secondary N) is 2. The molecule has 5 nitrogen and oxygen atoms in total. The molecule has 4 N–H and O–H groups in total. The van der Waals surface area contributed by atoms with Crippen LogP contribution in [0, 0.1) is 0 Å². The second kappa shape index (κ2) is 6.79. The summed E-state index contributed by atoms with van der Waals surface area (Å²) in [5.41, 5.74) is 5.97. The van der Waals surface area contributed by atoms with Crippen LogP contribution in [0.4, 0.5) is 0 Å². The van der Waals surface area contributed by atoms with Crippen molar-refractivity contribution in [3.63, 3.8) is 0 Å². The highest BCUT2D eigenvalue weighted by molar-refractivity contribution is 5.90. The standard InChI is InChI=1S/C11H19N3O2/c1-5-9(6-2)14-11(16)8(4)13-10(15)7(3)12/h5-8H,1,12H2,2-4H3,(H,13,15)(H,14,16)/b9-6+/t7-,8-/m0/s1. The molecule has 0 aliphatic carbocycles. The zero-order valence-corrected chi connectivity index (χ0v) is 9.91. The van der Waals surface area contributed by atoms with Crippen molar-refractivity contribution in [2.75, 3.05) is 0 Å². The van der Waals surface area contributed by atoms with E-state index in [1.54, 1.807) is 26.8 Å². The summed E-state index contributed by atoms with van der Waals surface area (Å²) >= 11 is 0. The maximum atomic E-state index is 11.6. The quantitative estimate of drug-likeness (QED) is 0.578. The predicted octanol–water partition coefficient (Wildman–Crippen LogP) is 0.0443. The topological polar surface area (TPSA) is 84.2 Å². The van der Waals surface area contributed by atoms with Gasteiger partial charge >= 0.3 is 0 Å². The molecular weight excluding hydrogens is 206 g/mol. The lowest BCUT2D eigenvalue weighted by molar-refractivity contribution is -0.128. The van der Waals surface area contributed by atoms with Crippen LogP contribution < -0.4 is 16.4 Å². The van der Waals surface area contributed by atoms with Crippen LogP contribution >= 0.6 is 0 Å². The van der Waals surface area contributed by atoms with Gasteiger partial charge in [-0.1, -0.05) is 12.7 Å². The number of allylic oxidation sites excluding steroid dienone is 2. The SMILES string of the molecule is C=C/C(=C\C)NC(=O)[C@H](C)NC(=O)[C@H](C)N. The minimum absolute atomic E-state index is 0.304. The summed E-state index contributed by atoms with van der Waals surface area (Å²) in [5, 5.41) is 5.10. The second-order valence-corrected chi connectivity index (χ2v) is 3.46. The first-order valence-electron chi connectivity index (χ1n) is 5.08. The Morgan fingerprint density at radius 1 is 1.31 bits per heavy atom. The normalized spacial score (nSPS) is 14.9. The molecule has 0 aromatic rings. The molecule has 2 amide bonds. The van der Waals surface area contributed by atoms with Crippen LogP contribution in [-0.4, -0.2) is 23.9 Å². The largest absolute Gasteiger partial charge is 0.343 e. The van der Waals surface area contributed by atoms with Gasteiger partial charge in [0.15, 0.2) is 0 Å². The third-order valence-electron chi connectivity index (χ3n) is 1.96. The first-order chi connectivity index (χ1) is 7.42. The van der Waals surface area contributed by atoms with Crippen LogP contribution in [0.15, 0.2) is 24.4 Å². The molecule has 0 radical (unpaired) electrons. The Kier molecular flexibility index (Phi) is 6.10. The molecule has 0 unspecified atom stereocenters. The van der Waals surface area contributed by atoms with E-state index in [9.17, 15) is 9.59 Å². The van der Waals surface area contributed by atoms with E-state index in [0.29, 0.717) is 5.70 Å². The Balaban J connectivity index is 4.29. The Hall–Kier alpha value is -1.62. The van der Waals surface area contributed by atoms with Gasteiger partial charge in [-0.2, -0.15) is 0 Å².